The standard InChI is InChI=1S/C17H23Cl2N3O3/c1-2-25-17(24)22-9-6-12(7-10-22)21-16(23)5-8-20-13-3-4-14(18)15(19)11-13/h3-4,11-12,20H,2,5-10H2,1H3,(H,21,23). The van der Waals surface area contributed by atoms with Gasteiger partial charge in [0.05, 0.1) is 16.7 Å². The Morgan fingerprint density at radius 2 is 1.96 bits per heavy atom. The van der Waals surface area contributed by atoms with Crippen LogP contribution in [0.3, 0.4) is 0 Å². The van der Waals surface area contributed by atoms with E-state index in [0.29, 0.717) is 42.7 Å². The molecule has 25 heavy (non-hydrogen) atoms. The number of amides is 2. The largest absolute Gasteiger partial charge is 0.450 e. The van der Waals surface area contributed by atoms with Gasteiger partial charge in [-0.3, -0.25) is 4.79 Å². The Hall–Kier alpha value is -1.66. The predicted octanol–water partition coefficient (Wildman–Crippen LogP) is 3.53. The van der Waals surface area contributed by atoms with Gasteiger partial charge in [-0.05, 0) is 38.0 Å². The second kappa shape index (κ2) is 9.73. The topological polar surface area (TPSA) is 70.7 Å². The number of nitrogens with zero attached hydrogens (tertiary/aromatic N) is 1. The fourth-order valence-corrected chi connectivity index (χ4v) is 2.95. The Kier molecular flexibility index (Phi) is 7.65. The molecule has 1 aromatic carbocycles. The van der Waals surface area contributed by atoms with E-state index in [4.69, 9.17) is 27.9 Å². The number of rotatable bonds is 6. The van der Waals surface area contributed by atoms with Gasteiger partial charge in [0, 0.05) is 37.8 Å². The van der Waals surface area contributed by atoms with Gasteiger partial charge in [-0.25, -0.2) is 4.79 Å². The van der Waals surface area contributed by atoms with Crippen molar-refractivity contribution in [3.63, 3.8) is 0 Å². The van der Waals surface area contributed by atoms with Crippen LogP contribution in [-0.2, 0) is 9.53 Å². The second-order valence-corrected chi connectivity index (χ2v) is 6.65. The average molecular weight is 388 g/mol. The zero-order chi connectivity index (χ0) is 18.2. The summed E-state index contributed by atoms with van der Waals surface area (Å²) in [4.78, 5) is 25.4. The van der Waals surface area contributed by atoms with Gasteiger partial charge in [0.25, 0.3) is 0 Å². The summed E-state index contributed by atoms with van der Waals surface area (Å²) in [6.07, 6.45) is 1.56. The molecule has 0 aliphatic carbocycles. The zero-order valence-corrected chi connectivity index (χ0v) is 15.7. The third-order valence-electron chi connectivity index (χ3n) is 3.99. The fraction of sp³-hybridized carbons (Fsp3) is 0.529. The van der Waals surface area contributed by atoms with Crippen LogP contribution in [0.4, 0.5) is 10.5 Å². The molecule has 1 aliphatic heterocycles. The molecule has 1 fully saturated rings. The quantitative estimate of drug-likeness (QED) is 0.782. The molecule has 138 valence electrons. The normalized spacial score (nSPS) is 14.9. The van der Waals surface area contributed by atoms with Gasteiger partial charge in [-0.1, -0.05) is 23.2 Å². The molecule has 2 amide bonds. The van der Waals surface area contributed by atoms with E-state index in [0.717, 1.165) is 18.5 Å². The van der Waals surface area contributed by atoms with Gasteiger partial charge in [0.2, 0.25) is 5.91 Å². The number of carbonyl (C=O) groups is 2. The smallest absolute Gasteiger partial charge is 0.409 e. The van der Waals surface area contributed by atoms with Crippen LogP contribution in [0.2, 0.25) is 10.0 Å². The molecule has 0 saturated carbocycles. The van der Waals surface area contributed by atoms with Crippen LogP contribution in [-0.4, -0.2) is 49.2 Å². The van der Waals surface area contributed by atoms with Crippen molar-refractivity contribution in [2.75, 3.05) is 31.6 Å². The predicted molar refractivity (Wildman–Crippen MR) is 99.3 cm³/mol. The molecule has 1 aromatic rings. The molecule has 0 atom stereocenters. The summed E-state index contributed by atoms with van der Waals surface area (Å²) in [5.74, 6) is -0.0119. The van der Waals surface area contributed by atoms with Crippen LogP contribution >= 0.6 is 23.2 Å². The number of hydrogen-bond donors (Lipinski definition) is 2. The van der Waals surface area contributed by atoms with E-state index in [9.17, 15) is 9.59 Å². The monoisotopic (exact) mass is 387 g/mol. The van der Waals surface area contributed by atoms with E-state index in [2.05, 4.69) is 10.6 Å². The third kappa shape index (κ3) is 6.29. The van der Waals surface area contributed by atoms with Gasteiger partial charge in [0.1, 0.15) is 0 Å². The molecule has 2 rings (SSSR count). The summed E-state index contributed by atoms with van der Waals surface area (Å²) in [6.45, 7) is 3.88. The molecule has 1 saturated heterocycles. The lowest BCUT2D eigenvalue weighted by molar-refractivity contribution is -0.121. The lowest BCUT2D eigenvalue weighted by Gasteiger charge is -2.31. The molecule has 2 N–H and O–H groups in total. The van der Waals surface area contributed by atoms with Gasteiger partial charge < -0.3 is 20.3 Å². The second-order valence-electron chi connectivity index (χ2n) is 5.83. The summed E-state index contributed by atoms with van der Waals surface area (Å²) in [5, 5.41) is 7.13. The molecule has 1 heterocycles. The van der Waals surface area contributed by atoms with E-state index in [1.54, 1.807) is 24.0 Å². The molecule has 0 radical (unpaired) electrons. The Balaban J connectivity index is 1.66. The van der Waals surface area contributed by atoms with E-state index in [-0.39, 0.29) is 18.0 Å². The first-order valence-corrected chi connectivity index (χ1v) is 9.15. The minimum Gasteiger partial charge on any atom is -0.450 e. The van der Waals surface area contributed by atoms with Crippen LogP contribution in [0.15, 0.2) is 18.2 Å². The summed E-state index contributed by atoms with van der Waals surface area (Å²) in [5.41, 5.74) is 0.824. The molecular formula is C17H23Cl2N3O3. The van der Waals surface area contributed by atoms with Crippen molar-refractivity contribution in [2.24, 2.45) is 0 Å². The molecular weight excluding hydrogens is 365 g/mol. The first-order valence-electron chi connectivity index (χ1n) is 8.39. The van der Waals surface area contributed by atoms with Gasteiger partial charge in [-0.2, -0.15) is 0 Å². The fourth-order valence-electron chi connectivity index (χ4n) is 2.65. The first kappa shape index (κ1) is 19.7. The minimum absolute atomic E-state index is 0.0119. The van der Waals surface area contributed by atoms with Crippen molar-refractivity contribution >= 4 is 40.9 Å². The number of halogens is 2. The third-order valence-corrected chi connectivity index (χ3v) is 4.73. The van der Waals surface area contributed by atoms with Crippen molar-refractivity contribution in [1.29, 1.82) is 0 Å². The summed E-state index contributed by atoms with van der Waals surface area (Å²) in [7, 11) is 0. The Labute approximate surface area is 157 Å². The van der Waals surface area contributed by atoms with Crippen molar-refractivity contribution in [2.45, 2.75) is 32.2 Å². The maximum atomic E-state index is 12.0. The minimum atomic E-state index is -0.280. The van der Waals surface area contributed by atoms with Crippen molar-refractivity contribution < 1.29 is 14.3 Å². The van der Waals surface area contributed by atoms with Gasteiger partial charge in [-0.15, -0.1) is 0 Å². The Morgan fingerprint density at radius 1 is 1.24 bits per heavy atom. The molecule has 0 spiro atoms. The lowest BCUT2D eigenvalue weighted by atomic mass is 10.1. The number of benzene rings is 1. The summed E-state index contributed by atoms with van der Waals surface area (Å²) < 4.78 is 4.98. The van der Waals surface area contributed by atoms with Gasteiger partial charge >= 0.3 is 6.09 Å². The van der Waals surface area contributed by atoms with E-state index < -0.39 is 0 Å². The van der Waals surface area contributed by atoms with Crippen LogP contribution in [0.25, 0.3) is 0 Å². The highest BCUT2D eigenvalue weighted by atomic mass is 35.5. The van der Waals surface area contributed by atoms with Crippen molar-refractivity contribution in [3.8, 4) is 0 Å². The molecule has 8 heteroatoms. The number of anilines is 1. The summed E-state index contributed by atoms with van der Waals surface area (Å²) >= 11 is 11.8. The van der Waals surface area contributed by atoms with Crippen LogP contribution in [0.1, 0.15) is 26.2 Å². The average Bonchev–Trinajstić information content (AvgIpc) is 2.59. The maximum Gasteiger partial charge on any atom is 0.409 e. The van der Waals surface area contributed by atoms with Crippen molar-refractivity contribution in [1.82, 2.24) is 10.2 Å². The van der Waals surface area contributed by atoms with E-state index in [1.807, 2.05) is 6.07 Å². The molecule has 6 nitrogen and oxygen atoms in total. The number of piperidine rings is 1. The maximum absolute atomic E-state index is 12.0. The zero-order valence-electron chi connectivity index (χ0n) is 14.2. The molecule has 0 unspecified atom stereocenters. The van der Waals surface area contributed by atoms with E-state index in [1.165, 1.54) is 0 Å². The number of ether oxygens (including phenoxy) is 1. The molecule has 0 bridgehead atoms. The molecule has 1 aliphatic rings. The van der Waals surface area contributed by atoms with Crippen LogP contribution < -0.4 is 10.6 Å². The first-order chi connectivity index (χ1) is 12.0. The molecule has 0 aromatic heterocycles. The Bertz CT molecular complexity index is 605. The number of hydrogen-bond acceptors (Lipinski definition) is 4. The summed E-state index contributed by atoms with van der Waals surface area (Å²) in [6, 6.07) is 5.36. The highest BCUT2D eigenvalue weighted by molar-refractivity contribution is 6.42. The number of likely N-dealkylation sites (tertiary alicyclic amines) is 1. The number of nitrogens with one attached hydrogen (secondary N) is 2. The van der Waals surface area contributed by atoms with E-state index >= 15 is 0 Å². The Morgan fingerprint density at radius 3 is 2.60 bits per heavy atom. The highest BCUT2D eigenvalue weighted by Gasteiger charge is 2.24. The van der Waals surface area contributed by atoms with Crippen molar-refractivity contribution in [3.05, 3.63) is 28.2 Å². The van der Waals surface area contributed by atoms with Gasteiger partial charge in [0.15, 0.2) is 0 Å². The highest BCUT2D eigenvalue weighted by Crippen LogP contribution is 2.24. The van der Waals surface area contributed by atoms with Crippen LogP contribution in [0.5, 0.6) is 0 Å². The number of carbonyl (C=O) groups excluding carboxylic acids is 2. The lowest BCUT2D eigenvalue weighted by Crippen LogP contribution is -2.46. The van der Waals surface area contributed by atoms with Crippen LogP contribution in [0, 0.1) is 0 Å². The SMILES string of the molecule is CCOC(=O)N1CCC(NC(=O)CCNc2ccc(Cl)c(Cl)c2)CC1.